The molecule has 160 valence electrons. The van der Waals surface area contributed by atoms with Gasteiger partial charge in [0, 0.05) is 30.7 Å². The molecule has 1 aromatic carbocycles. The largest absolute Gasteiger partial charge is 0.489 e. The average molecular weight is 423 g/mol. The Balaban J connectivity index is 1.33. The molecule has 1 atom stereocenters. The fourth-order valence-electron chi connectivity index (χ4n) is 4.55. The van der Waals surface area contributed by atoms with Crippen molar-refractivity contribution in [3.63, 3.8) is 0 Å². The minimum atomic E-state index is -0.194. The second-order valence-electron chi connectivity index (χ2n) is 8.21. The van der Waals surface area contributed by atoms with Crippen LogP contribution in [-0.4, -0.2) is 68.5 Å². The Kier molecular flexibility index (Phi) is 7.29. The molecule has 1 saturated carbocycles. The maximum atomic E-state index is 12.8. The summed E-state index contributed by atoms with van der Waals surface area (Å²) in [7, 11) is 0. The quantitative estimate of drug-likeness (QED) is 0.762. The Labute approximate surface area is 177 Å². The van der Waals surface area contributed by atoms with E-state index in [1.54, 1.807) is 18.2 Å². The standard InChI is InChI=1S/C22H31ClN2O4/c23-16-5-6-21(20(13-16)22(26)24-14-19-15-27-11-12-28-19)29-18-7-9-25(10-8-18)17-3-1-2-4-17/h5-6,13,17-19H,1-4,7-12,14-15H2,(H,24,26). The van der Waals surface area contributed by atoms with Gasteiger partial charge in [-0.3, -0.25) is 4.79 Å². The predicted molar refractivity (Wildman–Crippen MR) is 112 cm³/mol. The van der Waals surface area contributed by atoms with Gasteiger partial charge in [-0.2, -0.15) is 0 Å². The van der Waals surface area contributed by atoms with Crippen LogP contribution in [-0.2, 0) is 9.47 Å². The van der Waals surface area contributed by atoms with E-state index in [4.69, 9.17) is 25.8 Å². The third kappa shape index (κ3) is 5.63. The number of carbonyl (C=O) groups excluding carboxylic acids is 1. The highest BCUT2D eigenvalue weighted by Gasteiger charge is 2.28. The first-order valence-corrected chi connectivity index (χ1v) is 11.2. The number of amides is 1. The molecule has 1 aliphatic carbocycles. The molecule has 2 saturated heterocycles. The van der Waals surface area contributed by atoms with Gasteiger partial charge in [-0.15, -0.1) is 0 Å². The van der Waals surface area contributed by atoms with Crippen molar-refractivity contribution in [2.45, 2.75) is 56.8 Å². The number of likely N-dealkylation sites (tertiary alicyclic amines) is 1. The van der Waals surface area contributed by atoms with Gasteiger partial charge in [0.15, 0.2) is 0 Å². The Bertz CT molecular complexity index is 681. The molecule has 3 fully saturated rings. The zero-order valence-corrected chi connectivity index (χ0v) is 17.7. The monoisotopic (exact) mass is 422 g/mol. The second kappa shape index (κ2) is 10.1. The minimum absolute atomic E-state index is 0.115. The van der Waals surface area contributed by atoms with E-state index >= 15 is 0 Å². The number of hydrogen-bond donors (Lipinski definition) is 1. The van der Waals surface area contributed by atoms with Gasteiger partial charge < -0.3 is 24.4 Å². The lowest BCUT2D eigenvalue weighted by Crippen LogP contribution is -2.43. The average Bonchev–Trinajstić information content (AvgIpc) is 3.29. The molecule has 7 heteroatoms. The minimum Gasteiger partial charge on any atom is -0.489 e. The summed E-state index contributed by atoms with van der Waals surface area (Å²) in [4.78, 5) is 15.4. The van der Waals surface area contributed by atoms with E-state index in [9.17, 15) is 4.79 Å². The van der Waals surface area contributed by atoms with Gasteiger partial charge >= 0.3 is 0 Å². The van der Waals surface area contributed by atoms with Crippen LogP contribution in [0.15, 0.2) is 18.2 Å². The number of ether oxygens (including phenoxy) is 3. The van der Waals surface area contributed by atoms with E-state index in [-0.39, 0.29) is 18.1 Å². The molecule has 1 unspecified atom stereocenters. The van der Waals surface area contributed by atoms with Crippen LogP contribution in [0.4, 0.5) is 0 Å². The van der Waals surface area contributed by atoms with Gasteiger partial charge in [0.2, 0.25) is 0 Å². The number of nitrogens with one attached hydrogen (secondary N) is 1. The zero-order chi connectivity index (χ0) is 20.1. The first-order chi connectivity index (χ1) is 14.2. The molecular weight excluding hydrogens is 392 g/mol. The van der Waals surface area contributed by atoms with Crippen LogP contribution in [0.1, 0.15) is 48.9 Å². The first kappa shape index (κ1) is 20.9. The van der Waals surface area contributed by atoms with Crippen molar-refractivity contribution < 1.29 is 19.0 Å². The molecule has 3 aliphatic rings. The fourth-order valence-corrected chi connectivity index (χ4v) is 4.72. The van der Waals surface area contributed by atoms with Gasteiger partial charge in [0.25, 0.3) is 5.91 Å². The fraction of sp³-hybridized carbons (Fsp3) is 0.682. The smallest absolute Gasteiger partial charge is 0.255 e. The molecule has 0 spiro atoms. The highest BCUT2D eigenvalue weighted by atomic mass is 35.5. The van der Waals surface area contributed by atoms with E-state index in [0.717, 1.165) is 32.0 Å². The summed E-state index contributed by atoms with van der Waals surface area (Å²) in [5.74, 6) is 0.409. The summed E-state index contributed by atoms with van der Waals surface area (Å²) in [5.41, 5.74) is 0.479. The van der Waals surface area contributed by atoms with Gasteiger partial charge in [0.05, 0.1) is 31.5 Å². The van der Waals surface area contributed by atoms with Gasteiger partial charge in [-0.1, -0.05) is 24.4 Å². The number of benzene rings is 1. The number of rotatable bonds is 6. The van der Waals surface area contributed by atoms with Crippen LogP contribution in [0.5, 0.6) is 5.75 Å². The highest BCUT2D eigenvalue weighted by Crippen LogP contribution is 2.29. The number of hydrogen-bond acceptors (Lipinski definition) is 5. The number of carbonyl (C=O) groups is 1. The predicted octanol–water partition coefficient (Wildman–Crippen LogP) is 3.27. The number of piperidine rings is 1. The maximum Gasteiger partial charge on any atom is 0.255 e. The van der Waals surface area contributed by atoms with E-state index in [0.29, 0.717) is 42.7 Å². The van der Waals surface area contributed by atoms with Crippen molar-refractivity contribution in [3.05, 3.63) is 28.8 Å². The molecule has 29 heavy (non-hydrogen) atoms. The lowest BCUT2D eigenvalue weighted by Gasteiger charge is -2.36. The molecule has 0 aromatic heterocycles. The van der Waals surface area contributed by atoms with Crippen molar-refractivity contribution in [1.82, 2.24) is 10.2 Å². The summed E-state index contributed by atoms with van der Waals surface area (Å²) in [6, 6.07) is 6.03. The summed E-state index contributed by atoms with van der Waals surface area (Å²) < 4.78 is 17.2. The molecule has 2 aliphatic heterocycles. The second-order valence-corrected chi connectivity index (χ2v) is 8.65. The Morgan fingerprint density at radius 1 is 1.17 bits per heavy atom. The van der Waals surface area contributed by atoms with Crippen molar-refractivity contribution in [2.75, 3.05) is 39.5 Å². The molecule has 1 amide bonds. The maximum absolute atomic E-state index is 12.8. The summed E-state index contributed by atoms with van der Waals surface area (Å²) in [5, 5.41) is 3.45. The number of halogens is 1. The van der Waals surface area contributed by atoms with Gasteiger partial charge in [0.1, 0.15) is 11.9 Å². The van der Waals surface area contributed by atoms with Crippen LogP contribution in [0.3, 0.4) is 0 Å². The van der Waals surface area contributed by atoms with E-state index < -0.39 is 0 Å². The SMILES string of the molecule is O=C(NCC1COCCO1)c1cc(Cl)ccc1OC1CCN(C2CCCC2)CC1. The van der Waals surface area contributed by atoms with Crippen LogP contribution >= 0.6 is 11.6 Å². The van der Waals surface area contributed by atoms with Crippen LogP contribution < -0.4 is 10.1 Å². The Hall–Kier alpha value is -1.34. The summed E-state index contributed by atoms with van der Waals surface area (Å²) >= 11 is 6.16. The lowest BCUT2D eigenvalue weighted by molar-refractivity contribution is -0.0855. The molecule has 2 heterocycles. The van der Waals surface area contributed by atoms with Crippen molar-refractivity contribution in [3.8, 4) is 5.75 Å². The normalized spacial score (nSPS) is 24.5. The molecule has 0 bridgehead atoms. The van der Waals surface area contributed by atoms with Crippen molar-refractivity contribution in [2.24, 2.45) is 0 Å². The Morgan fingerprint density at radius 2 is 1.97 bits per heavy atom. The van der Waals surface area contributed by atoms with Crippen molar-refractivity contribution >= 4 is 17.5 Å². The van der Waals surface area contributed by atoms with Gasteiger partial charge in [-0.05, 0) is 43.9 Å². The Morgan fingerprint density at radius 3 is 2.69 bits per heavy atom. The van der Waals surface area contributed by atoms with Crippen LogP contribution in [0.2, 0.25) is 5.02 Å². The molecular formula is C22H31ClN2O4. The first-order valence-electron chi connectivity index (χ1n) is 10.9. The van der Waals surface area contributed by atoms with E-state index in [2.05, 4.69) is 10.2 Å². The van der Waals surface area contributed by atoms with Gasteiger partial charge in [-0.25, -0.2) is 0 Å². The third-order valence-corrected chi connectivity index (χ3v) is 6.41. The zero-order valence-electron chi connectivity index (χ0n) is 16.9. The number of nitrogens with zero attached hydrogens (tertiary/aromatic N) is 1. The molecule has 1 N–H and O–H groups in total. The van der Waals surface area contributed by atoms with E-state index in [1.807, 2.05) is 0 Å². The highest BCUT2D eigenvalue weighted by molar-refractivity contribution is 6.31. The molecule has 4 rings (SSSR count). The lowest BCUT2D eigenvalue weighted by atomic mass is 10.0. The summed E-state index contributed by atoms with van der Waals surface area (Å²) in [6.07, 6.45) is 7.41. The van der Waals surface area contributed by atoms with Crippen LogP contribution in [0.25, 0.3) is 0 Å². The van der Waals surface area contributed by atoms with E-state index in [1.165, 1.54) is 25.7 Å². The summed E-state index contributed by atoms with van der Waals surface area (Å²) in [6.45, 7) is 4.22. The molecule has 0 radical (unpaired) electrons. The third-order valence-electron chi connectivity index (χ3n) is 6.17. The topological polar surface area (TPSA) is 60.0 Å². The molecule has 1 aromatic rings. The van der Waals surface area contributed by atoms with Crippen LogP contribution in [0, 0.1) is 0 Å². The molecule has 6 nitrogen and oxygen atoms in total. The van der Waals surface area contributed by atoms with Crippen molar-refractivity contribution in [1.29, 1.82) is 0 Å².